The molecule has 0 aliphatic heterocycles. The van der Waals surface area contributed by atoms with E-state index in [9.17, 15) is 13.2 Å². The Morgan fingerprint density at radius 2 is 1.24 bits per heavy atom. The number of alkyl halides is 3. The number of hydrogen-bond donors (Lipinski definition) is 0. The summed E-state index contributed by atoms with van der Waals surface area (Å²) in [4.78, 5) is 9.36. The topological polar surface area (TPSA) is 43.9 Å². The van der Waals surface area contributed by atoms with Crippen LogP contribution in [0.2, 0.25) is 0 Å². The number of benzene rings is 7. The number of rotatable bonds is 7. The molecule has 339 valence electrons. The van der Waals surface area contributed by atoms with E-state index in [1.807, 2.05) is 6.07 Å². The van der Waals surface area contributed by atoms with Crippen LogP contribution in [0.25, 0.3) is 83.6 Å². The number of furan rings is 1. The Bertz CT molecular complexity index is 3280. The first-order chi connectivity index (χ1) is 31.7. The summed E-state index contributed by atoms with van der Waals surface area (Å²) in [5, 5.41) is 2.19. The second-order valence-electron chi connectivity index (χ2n) is 18.4. The summed E-state index contributed by atoms with van der Waals surface area (Å²) < 4.78 is 46.0. The van der Waals surface area contributed by atoms with E-state index in [0.717, 1.165) is 56.5 Å². The SMILES string of the molecule is CC(C)c1cc(-c2ccc(-c3ccccc3)cc2)cc(C(C)C)c1-n1c(-c2[c-]ccc3c2oc2cc(C(C)(C)C)ccc23)nc2ccccc21.FC(F)(F)c1c[c-]c(-c2ccccn2)cc1.[Ir]. The van der Waals surface area contributed by atoms with Crippen molar-refractivity contribution in [2.24, 2.45) is 0 Å². The normalized spacial score (nSPS) is 11.9. The van der Waals surface area contributed by atoms with Crippen LogP contribution in [0, 0.1) is 12.1 Å². The molecule has 0 unspecified atom stereocenters. The number of imidazole rings is 1. The van der Waals surface area contributed by atoms with Crippen molar-refractivity contribution in [3.63, 3.8) is 0 Å². The third kappa shape index (κ3) is 9.52. The number of pyridine rings is 1. The largest absolute Gasteiger partial charge is 0.501 e. The zero-order valence-corrected chi connectivity index (χ0v) is 40.9. The minimum absolute atomic E-state index is 0. The minimum Gasteiger partial charge on any atom is -0.501 e. The van der Waals surface area contributed by atoms with Gasteiger partial charge in [0, 0.05) is 37.4 Å². The Labute approximate surface area is 403 Å². The monoisotopic (exact) mass is 1070 g/mol. The maximum atomic E-state index is 12.3. The second kappa shape index (κ2) is 18.9. The molecular formula is C59H50F3IrN3O-2. The molecule has 0 bridgehead atoms. The van der Waals surface area contributed by atoms with Crippen LogP contribution in [0.4, 0.5) is 13.2 Å². The maximum absolute atomic E-state index is 12.3. The van der Waals surface area contributed by atoms with Gasteiger partial charge in [-0.1, -0.05) is 150 Å². The Morgan fingerprint density at radius 1 is 0.612 bits per heavy atom. The van der Waals surface area contributed by atoms with E-state index >= 15 is 0 Å². The molecule has 0 saturated heterocycles. The molecule has 7 aromatic carbocycles. The summed E-state index contributed by atoms with van der Waals surface area (Å²) in [5.74, 6) is 1.37. The Morgan fingerprint density at radius 3 is 1.85 bits per heavy atom. The molecule has 67 heavy (non-hydrogen) atoms. The third-order valence-electron chi connectivity index (χ3n) is 12.1. The van der Waals surface area contributed by atoms with Crippen LogP contribution in [0.3, 0.4) is 0 Å². The van der Waals surface area contributed by atoms with Crippen LogP contribution < -0.4 is 0 Å². The zero-order chi connectivity index (χ0) is 46.3. The van der Waals surface area contributed by atoms with Crippen LogP contribution in [0.1, 0.15) is 82.6 Å². The summed E-state index contributed by atoms with van der Waals surface area (Å²) in [6.45, 7) is 15.9. The first kappa shape index (κ1) is 46.9. The third-order valence-corrected chi connectivity index (χ3v) is 12.1. The van der Waals surface area contributed by atoms with Crippen molar-refractivity contribution in [1.29, 1.82) is 0 Å². The van der Waals surface area contributed by atoms with Gasteiger partial charge in [-0.15, -0.1) is 48.0 Å². The molecule has 0 aliphatic rings. The number of hydrogen-bond acceptors (Lipinski definition) is 3. The molecule has 3 aromatic heterocycles. The number of fused-ring (bicyclic) bond motifs is 4. The molecule has 0 N–H and O–H groups in total. The molecule has 1 radical (unpaired) electrons. The molecule has 0 atom stereocenters. The van der Waals surface area contributed by atoms with Crippen molar-refractivity contribution < 1.29 is 37.7 Å². The Balaban J connectivity index is 0.000000303. The molecule has 3 heterocycles. The number of halogens is 3. The van der Waals surface area contributed by atoms with Gasteiger partial charge >= 0.3 is 6.18 Å². The molecule has 10 aromatic rings. The first-order valence-electron chi connectivity index (χ1n) is 22.4. The van der Waals surface area contributed by atoms with Gasteiger partial charge in [0.1, 0.15) is 5.58 Å². The van der Waals surface area contributed by atoms with Crippen molar-refractivity contribution in [1.82, 2.24) is 14.5 Å². The molecule has 0 saturated carbocycles. The fourth-order valence-corrected chi connectivity index (χ4v) is 8.55. The van der Waals surface area contributed by atoms with E-state index in [0.29, 0.717) is 11.3 Å². The van der Waals surface area contributed by atoms with Crippen molar-refractivity contribution >= 4 is 33.0 Å². The fraction of sp³-hybridized carbons (Fsp3) is 0.186. The molecule has 4 nitrogen and oxygen atoms in total. The van der Waals surface area contributed by atoms with Crippen LogP contribution in [0.15, 0.2) is 168 Å². The molecular weight excluding hydrogens is 1020 g/mol. The summed E-state index contributed by atoms with van der Waals surface area (Å²) in [6, 6.07) is 58.3. The van der Waals surface area contributed by atoms with Gasteiger partial charge in [0.2, 0.25) is 0 Å². The zero-order valence-electron chi connectivity index (χ0n) is 38.5. The Hall–Kier alpha value is -6.60. The van der Waals surface area contributed by atoms with Crippen molar-refractivity contribution in [2.75, 3.05) is 0 Å². The van der Waals surface area contributed by atoms with Gasteiger partial charge in [-0.3, -0.25) is 4.98 Å². The van der Waals surface area contributed by atoms with Gasteiger partial charge in [-0.25, -0.2) is 0 Å². The standard InChI is InChI=1S/C47H43N2O.C12H7F3N.Ir/c1-29(2)39-26-34(33-22-20-32(21-23-33)31-14-9-8-10-15-31)27-40(30(3)4)44(39)49-42-19-12-11-18-41(42)48-46(49)38-17-13-16-37-36-25-24-35(47(5,6)7)28-43(36)50-45(37)38;13-12(14,15)10-6-4-9(5-7-10)11-3-1-2-8-16-11;/h8-16,18-30H,1-7H3;1-4,6-8H;/q2*-1;. The van der Waals surface area contributed by atoms with Gasteiger partial charge < -0.3 is 14.0 Å². The van der Waals surface area contributed by atoms with Gasteiger partial charge in [0.05, 0.1) is 22.4 Å². The molecule has 0 fully saturated rings. The van der Waals surface area contributed by atoms with Gasteiger partial charge in [0.25, 0.3) is 0 Å². The van der Waals surface area contributed by atoms with Gasteiger partial charge in [0.15, 0.2) is 0 Å². The van der Waals surface area contributed by atoms with E-state index in [1.165, 1.54) is 50.7 Å². The Kier molecular flexibility index (Phi) is 13.3. The smallest absolute Gasteiger partial charge is 0.381 e. The molecule has 8 heteroatoms. The van der Waals surface area contributed by atoms with E-state index in [2.05, 4.69) is 185 Å². The molecule has 10 rings (SSSR count). The maximum Gasteiger partial charge on any atom is 0.381 e. The summed E-state index contributed by atoms with van der Waals surface area (Å²) in [6.07, 6.45) is -2.74. The van der Waals surface area contributed by atoms with E-state index < -0.39 is 11.7 Å². The number of aromatic nitrogens is 3. The quantitative estimate of drug-likeness (QED) is 0.149. The van der Waals surface area contributed by atoms with Crippen molar-refractivity contribution in [2.45, 2.75) is 71.9 Å². The van der Waals surface area contributed by atoms with Crippen LogP contribution >= 0.6 is 0 Å². The molecule has 0 spiro atoms. The molecule has 0 aliphatic carbocycles. The first-order valence-corrected chi connectivity index (χ1v) is 22.4. The number of para-hydroxylation sites is 2. The second-order valence-corrected chi connectivity index (χ2v) is 18.4. The van der Waals surface area contributed by atoms with E-state index in [1.54, 1.807) is 24.4 Å². The van der Waals surface area contributed by atoms with Crippen molar-refractivity contribution in [3.05, 3.63) is 198 Å². The fourth-order valence-electron chi connectivity index (χ4n) is 8.55. The predicted molar refractivity (Wildman–Crippen MR) is 264 cm³/mol. The summed E-state index contributed by atoms with van der Waals surface area (Å²) in [7, 11) is 0. The van der Waals surface area contributed by atoms with Crippen LogP contribution in [-0.4, -0.2) is 14.5 Å². The predicted octanol–water partition coefficient (Wildman–Crippen LogP) is 16.8. The van der Waals surface area contributed by atoms with Crippen LogP contribution in [0.5, 0.6) is 0 Å². The average Bonchev–Trinajstić information content (AvgIpc) is 3.90. The van der Waals surface area contributed by atoms with Gasteiger partial charge in [-0.2, -0.15) is 13.2 Å². The van der Waals surface area contributed by atoms with Crippen molar-refractivity contribution in [3.8, 4) is 50.6 Å². The summed E-state index contributed by atoms with van der Waals surface area (Å²) >= 11 is 0. The van der Waals surface area contributed by atoms with Gasteiger partial charge in [-0.05, 0) is 104 Å². The summed E-state index contributed by atoms with van der Waals surface area (Å²) in [5.41, 5.74) is 15.0. The number of nitrogens with zero attached hydrogens (tertiary/aromatic N) is 3. The van der Waals surface area contributed by atoms with E-state index in [-0.39, 0.29) is 37.4 Å². The van der Waals surface area contributed by atoms with E-state index in [4.69, 9.17) is 9.40 Å². The van der Waals surface area contributed by atoms with Crippen LogP contribution in [-0.2, 0) is 31.7 Å². The average molecular weight is 1070 g/mol. The molecule has 0 amide bonds. The minimum atomic E-state index is -4.32.